The molecule has 0 aromatic heterocycles. The van der Waals surface area contributed by atoms with Gasteiger partial charge in [0, 0.05) is 12.2 Å². The van der Waals surface area contributed by atoms with E-state index in [0.717, 1.165) is 18.7 Å². The smallest absolute Gasteiger partial charge is 0.328 e. The zero-order chi connectivity index (χ0) is 16.0. The van der Waals surface area contributed by atoms with Crippen LogP contribution in [-0.4, -0.2) is 44.2 Å². The maximum absolute atomic E-state index is 12.0. The summed E-state index contributed by atoms with van der Waals surface area (Å²) in [4.78, 5) is 14.0. The number of rotatable bonds is 7. The van der Waals surface area contributed by atoms with Gasteiger partial charge in [-0.3, -0.25) is 0 Å². The molecule has 1 N–H and O–H groups in total. The van der Waals surface area contributed by atoms with E-state index < -0.39 is 0 Å². The molecular formula is C17H28N2O2. The number of benzene rings is 1. The molecule has 0 spiro atoms. The van der Waals surface area contributed by atoms with Gasteiger partial charge in [-0.25, -0.2) is 4.79 Å². The summed E-state index contributed by atoms with van der Waals surface area (Å²) in [5.41, 5.74) is 4.71. The molecule has 118 valence electrons. The van der Waals surface area contributed by atoms with Crippen LogP contribution in [0.25, 0.3) is 0 Å². The maximum atomic E-state index is 12.0. The minimum Gasteiger partial charge on any atom is -0.463 e. The Labute approximate surface area is 128 Å². The Hall–Kier alpha value is -1.55. The standard InChI is InChI=1S/C17H28N2O2/c1-7-15-11-12(2)10-13(3)16(15)18-14(4)17(20)21-9-8-19(5)6/h10-11,14,18H,7-9H2,1-6H3/t14-/m0/s1. The summed E-state index contributed by atoms with van der Waals surface area (Å²) in [6.07, 6.45) is 0.938. The second-order valence-corrected chi connectivity index (χ2v) is 5.81. The molecular weight excluding hydrogens is 264 g/mol. The molecule has 1 rings (SSSR count). The zero-order valence-corrected chi connectivity index (χ0v) is 14.1. The first-order valence-electron chi connectivity index (χ1n) is 7.53. The van der Waals surface area contributed by atoms with Crippen LogP contribution in [0.1, 0.15) is 30.5 Å². The average molecular weight is 292 g/mol. The van der Waals surface area contributed by atoms with Gasteiger partial charge in [-0.05, 0) is 52.4 Å². The summed E-state index contributed by atoms with van der Waals surface area (Å²) in [6.45, 7) is 9.29. The van der Waals surface area contributed by atoms with Gasteiger partial charge in [-0.15, -0.1) is 0 Å². The first kappa shape index (κ1) is 17.5. The van der Waals surface area contributed by atoms with Crippen molar-refractivity contribution in [1.29, 1.82) is 0 Å². The van der Waals surface area contributed by atoms with E-state index in [1.807, 2.05) is 25.9 Å². The first-order valence-corrected chi connectivity index (χ1v) is 7.53. The lowest BCUT2D eigenvalue weighted by molar-refractivity contribution is -0.144. The Morgan fingerprint density at radius 3 is 2.57 bits per heavy atom. The van der Waals surface area contributed by atoms with E-state index in [1.54, 1.807) is 0 Å². The molecule has 1 aromatic carbocycles. The molecule has 1 atom stereocenters. The highest BCUT2D eigenvalue weighted by Crippen LogP contribution is 2.24. The van der Waals surface area contributed by atoms with Crippen molar-refractivity contribution in [1.82, 2.24) is 4.90 Å². The Kier molecular flexibility index (Phi) is 6.69. The average Bonchev–Trinajstić information content (AvgIpc) is 2.40. The minimum absolute atomic E-state index is 0.209. The number of carbonyl (C=O) groups excluding carboxylic acids is 1. The SMILES string of the molecule is CCc1cc(C)cc(C)c1N[C@@H](C)C(=O)OCCN(C)C. The van der Waals surface area contributed by atoms with Crippen molar-refractivity contribution in [3.05, 3.63) is 28.8 Å². The van der Waals surface area contributed by atoms with E-state index in [1.165, 1.54) is 16.7 Å². The van der Waals surface area contributed by atoms with Gasteiger partial charge in [0.1, 0.15) is 12.6 Å². The Bertz CT molecular complexity index is 484. The van der Waals surface area contributed by atoms with Gasteiger partial charge in [-0.1, -0.05) is 24.6 Å². The van der Waals surface area contributed by atoms with E-state index in [0.29, 0.717) is 6.61 Å². The monoisotopic (exact) mass is 292 g/mol. The first-order chi connectivity index (χ1) is 9.85. The molecule has 0 bridgehead atoms. The third-order valence-corrected chi connectivity index (χ3v) is 3.44. The molecule has 4 nitrogen and oxygen atoms in total. The molecule has 0 radical (unpaired) electrons. The number of nitrogens with one attached hydrogen (secondary N) is 1. The molecule has 0 aliphatic heterocycles. The van der Waals surface area contributed by atoms with Crippen LogP contribution >= 0.6 is 0 Å². The van der Waals surface area contributed by atoms with E-state index in [4.69, 9.17) is 4.74 Å². The van der Waals surface area contributed by atoms with Gasteiger partial charge in [0.25, 0.3) is 0 Å². The predicted octanol–water partition coefficient (Wildman–Crippen LogP) is 2.77. The van der Waals surface area contributed by atoms with E-state index in [2.05, 4.69) is 38.2 Å². The number of aryl methyl sites for hydroxylation is 3. The van der Waals surface area contributed by atoms with Gasteiger partial charge in [-0.2, -0.15) is 0 Å². The zero-order valence-electron chi connectivity index (χ0n) is 14.1. The van der Waals surface area contributed by atoms with Crippen LogP contribution in [0.4, 0.5) is 5.69 Å². The fourth-order valence-corrected chi connectivity index (χ4v) is 2.27. The fraction of sp³-hybridized carbons (Fsp3) is 0.588. The van der Waals surface area contributed by atoms with Crippen LogP contribution in [0, 0.1) is 13.8 Å². The number of hydrogen-bond donors (Lipinski definition) is 1. The second-order valence-electron chi connectivity index (χ2n) is 5.81. The molecule has 0 aliphatic carbocycles. The van der Waals surface area contributed by atoms with E-state index in [-0.39, 0.29) is 12.0 Å². The lowest BCUT2D eigenvalue weighted by Crippen LogP contribution is -2.31. The molecule has 0 heterocycles. The summed E-state index contributed by atoms with van der Waals surface area (Å²) in [6, 6.07) is 3.95. The van der Waals surface area contributed by atoms with E-state index in [9.17, 15) is 4.79 Å². The van der Waals surface area contributed by atoms with Crippen LogP contribution in [-0.2, 0) is 16.0 Å². The summed E-state index contributed by atoms with van der Waals surface area (Å²) < 4.78 is 5.28. The Morgan fingerprint density at radius 2 is 2.00 bits per heavy atom. The number of esters is 1. The lowest BCUT2D eigenvalue weighted by Gasteiger charge is -2.20. The quantitative estimate of drug-likeness (QED) is 0.785. The summed E-state index contributed by atoms with van der Waals surface area (Å²) in [5, 5.41) is 3.31. The predicted molar refractivity (Wildman–Crippen MR) is 87.9 cm³/mol. The van der Waals surface area contributed by atoms with E-state index >= 15 is 0 Å². The number of ether oxygens (including phenoxy) is 1. The minimum atomic E-state index is -0.348. The maximum Gasteiger partial charge on any atom is 0.328 e. The van der Waals surface area contributed by atoms with Crippen LogP contribution in [0.2, 0.25) is 0 Å². The number of carbonyl (C=O) groups is 1. The Morgan fingerprint density at radius 1 is 1.33 bits per heavy atom. The molecule has 4 heteroatoms. The van der Waals surface area contributed by atoms with Crippen LogP contribution in [0.5, 0.6) is 0 Å². The molecule has 0 amide bonds. The number of likely N-dealkylation sites (N-methyl/N-ethyl adjacent to an activating group) is 1. The number of nitrogens with zero attached hydrogens (tertiary/aromatic N) is 1. The summed E-state index contributed by atoms with van der Waals surface area (Å²) in [7, 11) is 3.91. The highest BCUT2D eigenvalue weighted by Gasteiger charge is 2.16. The van der Waals surface area contributed by atoms with Crippen molar-refractivity contribution in [2.45, 2.75) is 40.2 Å². The normalized spacial score (nSPS) is 12.3. The van der Waals surface area contributed by atoms with Gasteiger partial charge in [0.15, 0.2) is 0 Å². The van der Waals surface area contributed by atoms with Gasteiger partial charge in [0.2, 0.25) is 0 Å². The van der Waals surface area contributed by atoms with Crippen molar-refractivity contribution >= 4 is 11.7 Å². The van der Waals surface area contributed by atoms with Gasteiger partial charge >= 0.3 is 5.97 Å². The molecule has 0 unspecified atom stereocenters. The van der Waals surface area contributed by atoms with Crippen LogP contribution in [0.15, 0.2) is 12.1 Å². The van der Waals surface area contributed by atoms with Gasteiger partial charge in [0.05, 0.1) is 0 Å². The molecule has 0 fully saturated rings. The highest BCUT2D eigenvalue weighted by molar-refractivity contribution is 5.79. The topological polar surface area (TPSA) is 41.6 Å². The lowest BCUT2D eigenvalue weighted by atomic mass is 10.0. The Balaban J connectivity index is 2.70. The van der Waals surface area contributed by atoms with Crippen molar-refractivity contribution in [3.63, 3.8) is 0 Å². The number of anilines is 1. The molecule has 21 heavy (non-hydrogen) atoms. The fourth-order valence-electron chi connectivity index (χ4n) is 2.27. The second kappa shape index (κ2) is 8.03. The summed E-state index contributed by atoms with van der Waals surface area (Å²) >= 11 is 0. The van der Waals surface area contributed by atoms with Crippen molar-refractivity contribution in [2.24, 2.45) is 0 Å². The van der Waals surface area contributed by atoms with Crippen molar-refractivity contribution in [3.8, 4) is 0 Å². The molecule has 0 saturated heterocycles. The van der Waals surface area contributed by atoms with Gasteiger partial charge < -0.3 is 15.0 Å². The third kappa shape index (κ3) is 5.38. The highest BCUT2D eigenvalue weighted by atomic mass is 16.5. The van der Waals surface area contributed by atoms with Crippen molar-refractivity contribution < 1.29 is 9.53 Å². The van der Waals surface area contributed by atoms with Crippen molar-refractivity contribution in [2.75, 3.05) is 32.6 Å². The third-order valence-electron chi connectivity index (χ3n) is 3.44. The number of hydrogen-bond acceptors (Lipinski definition) is 4. The van der Waals surface area contributed by atoms with Crippen LogP contribution in [0.3, 0.4) is 0 Å². The summed E-state index contributed by atoms with van der Waals surface area (Å²) in [5.74, 6) is -0.209. The molecule has 1 aromatic rings. The largest absolute Gasteiger partial charge is 0.463 e. The molecule has 0 saturated carbocycles. The molecule has 0 aliphatic rings. The van der Waals surface area contributed by atoms with Crippen LogP contribution < -0.4 is 5.32 Å².